The van der Waals surface area contributed by atoms with Crippen molar-refractivity contribution in [2.75, 3.05) is 96.2 Å². The third-order valence-corrected chi connectivity index (χ3v) is 12.9. The first-order valence-corrected chi connectivity index (χ1v) is 27.5. The standard InChI is InChI=1S/C17H24N2O2.C16H22N2O.2C15H20N2O/c1-20-13-6-4-3-5-11-18-15-10-12-19-17-14(15)8-7-9-16(17)21-2;1-3-4-5-6-11-17-14-10-12-18-16-13(14)8-7-9-15(16)19-2;1-18-12-6-2-5-10-16-15-9-11-17-14-8-4-3-7-13(14)15;1-3-4-5-10-16-13-9-11-17-15-12(13)7-6-8-14(15)18-2/h7-10,12H,3-6,11,13H2,1-2H3,(H,18,19);7-10,12H,3-6,11H2,1-2H3,(H,17,18);3-4,7-9,11H,2,5-6,10,12H2,1H3,(H,16,17);6-9,11H,3-5,10H2,1-2H3,(H,16,17). The minimum atomic E-state index is 0.815. The number of para-hydroxylation sites is 4. The van der Waals surface area contributed by atoms with Crippen molar-refractivity contribution in [3.05, 3.63) is 128 Å². The molecule has 13 nitrogen and oxygen atoms in total. The third kappa shape index (κ3) is 19.6. The Morgan fingerprint density at radius 2 is 0.658 bits per heavy atom. The van der Waals surface area contributed by atoms with Gasteiger partial charge < -0.3 is 45.0 Å². The predicted octanol–water partition coefficient (Wildman–Crippen LogP) is 15.4. The Balaban J connectivity index is 0.000000187. The maximum Gasteiger partial charge on any atom is 0.145 e. The minimum absolute atomic E-state index is 0.815. The van der Waals surface area contributed by atoms with Crippen molar-refractivity contribution < 1.29 is 23.7 Å². The van der Waals surface area contributed by atoms with Crippen LogP contribution >= 0.6 is 0 Å². The smallest absolute Gasteiger partial charge is 0.145 e. The maximum absolute atomic E-state index is 5.36. The highest BCUT2D eigenvalue weighted by molar-refractivity contribution is 5.96. The highest BCUT2D eigenvalue weighted by atomic mass is 16.5. The molecule has 0 fully saturated rings. The summed E-state index contributed by atoms with van der Waals surface area (Å²) in [5.74, 6) is 2.47. The molecule has 0 saturated heterocycles. The zero-order chi connectivity index (χ0) is 53.8. The van der Waals surface area contributed by atoms with E-state index in [-0.39, 0.29) is 0 Å². The number of nitrogens with one attached hydrogen (secondary N) is 4. The quantitative estimate of drug-likeness (QED) is 0.0330. The molecule has 4 aromatic carbocycles. The summed E-state index contributed by atoms with van der Waals surface area (Å²) in [5, 5.41) is 18.5. The van der Waals surface area contributed by atoms with Crippen LogP contribution in [0.4, 0.5) is 22.7 Å². The number of hydrogen-bond acceptors (Lipinski definition) is 13. The minimum Gasteiger partial charge on any atom is -0.494 e. The molecule has 13 heteroatoms. The Hall–Kier alpha value is -6.96. The molecule has 4 aromatic heterocycles. The van der Waals surface area contributed by atoms with Crippen molar-refractivity contribution >= 4 is 66.4 Å². The van der Waals surface area contributed by atoms with E-state index in [4.69, 9.17) is 23.7 Å². The van der Waals surface area contributed by atoms with Gasteiger partial charge in [-0.3, -0.25) is 19.9 Å². The van der Waals surface area contributed by atoms with E-state index < -0.39 is 0 Å². The van der Waals surface area contributed by atoms with Crippen molar-refractivity contribution in [1.29, 1.82) is 0 Å². The molecular weight excluding hydrogens is 949 g/mol. The lowest BCUT2D eigenvalue weighted by molar-refractivity contribution is 0.192. The lowest BCUT2D eigenvalue weighted by Crippen LogP contribution is -2.03. The molecule has 0 aliphatic rings. The molecule has 8 rings (SSSR count). The van der Waals surface area contributed by atoms with Crippen LogP contribution in [0.15, 0.2) is 128 Å². The summed E-state index contributed by atoms with van der Waals surface area (Å²) in [7, 11) is 8.54. The maximum atomic E-state index is 5.36. The van der Waals surface area contributed by atoms with Gasteiger partial charge in [-0.05, 0) is 93.5 Å². The molecule has 0 saturated carbocycles. The zero-order valence-corrected chi connectivity index (χ0v) is 46.6. The first kappa shape index (κ1) is 59.9. The highest BCUT2D eigenvalue weighted by Gasteiger charge is 2.09. The van der Waals surface area contributed by atoms with Crippen LogP contribution < -0.4 is 35.5 Å². The summed E-state index contributed by atoms with van der Waals surface area (Å²) in [6.45, 7) is 10.2. The van der Waals surface area contributed by atoms with E-state index in [1.54, 1.807) is 35.5 Å². The third-order valence-electron chi connectivity index (χ3n) is 12.9. The molecule has 8 aromatic rings. The summed E-state index contributed by atoms with van der Waals surface area (Å²) >= 11 is 0. The molecule has 0 spiro atoms. The molecular formula is C63H86N8O5. The molecule has 0 aliphatic carbocycles. The van der Waals surface area contributed by atoms with Crippen LogP contribution in [-0.2, 0) is 9.47 Å². The Morgan fingerprint density at radius 3 is 1.07 bits per heavy atom. The van der Waals surface area contributed by atoms with E-state index in [9.17, 15) is 0 Å². The molecule has 0 atom stereocenters. The second kappa shape index (κ2) is 36.1. The second-order valence-electron chi connectivity index (χ2n) is 18.5. The Morgan fingerprint density at radius 1 is 0.329 bits per heavy atom. The fourth-order valence-electron chi connectivity index (χ4n) is 8.75. The average molecular weight is 1040 g/mol. The van der Waals surface area contributed by atoms with E-state index >= 15 is 0 Å². The van der Waals surface area contributed by atoms with Gasteiger partial charge in [-0.1, -0.05) is 113 Å². The van der Waals surface area contributed by atoms with Crippen molar-refractivity contribution in [3.63, 3.8) is 0 Å². The van der Waals surface area contributed by atoms with Gasteiger partial charge in [-0.25, -0.2) is 0 Å². The number of ether oxygens (including phenoxy) is 5. The SMILES string of the molecule is CCCCCCNc1ccnc2c(OC)cccc12.CCCCCNc1ccnc2c(OC)cccc12.COCCCCCCNc1ccnc2c(OC)cccc12.COCCCCCNc1ccnc2ccccc12. The van der Waals surface area contributed by atoms with E-state index in [2.05, 4.69) is 79.3 Å². The molecule has 0 unspecified atom stereocenters. The van der Waals surface area contributed by atoms with Gasteiger partial charge in [0.05, 0.1) is 26.8 Å². The van der Waals surface area contributed by atoms with Gasteiger partial charge in [0.25, 0.3) is 0 Å². The van der Waals surface area contributed by atoms with Crippen LogP contribution in [0.3, 0.4) is 0 Å². The van der Waals surface area contributed by atoms with Crippen LogP contribution in [0, 0.1) is 0 Å². The van der Waals surface area contributed by atoms with E-state index in [1.165, 1.54) is 81.7 Å². The van der Waals surface area contributed by atoms with Gasteiger partial charge in [-0.15, -0.1) is 0 Å². The fourth-order valence-corrected chi connectivity index (χ4v) is 8.75. The Kier molecular flexibility index (Phi) is 28.5. The largest absolute Gasteiger partial charge is 0.494 e. The molecule has 0 radical (unpaired) electrons. The first-order valence-electron chi connectivity index (χ1n) is 27.5. The summed E-state index contributed by atoms with van der Waals surface area (Å²) < 4.78 is 26.1. The van der Waals surface area contributed by atoms with Gasteiger partial charge in [-0.2, -0.15) is 0 Å². The van der Waals surface area contributed by atoms with Gasteiger partial charge >= 0.3 is 0 Å². The van der Waals surface area contributed by atoms with E-state index in [1.807, 2.05) is 104 Å². The lowest BCUT2D eigenvalue weighted by Gasteiger charge is -2.11. The number of fused-ring (bicyclic) bond motifs is 4. The highest BCUT2D eigenvalue weighted by Crippen LogP contribution is 2.31. The molecule has 0 amide bonds. The van der Waals surface area contributed by atoms with Gasteiger partial charge in [0, 0.05) is 123 Å². The van der Waals surface area contributed by atoms with E-state index in [0.29, 0.717) is 0 Å². The predicted molar refractivity (Wildman–Crippen MR) is 320 cm³/mol. The van der Waals surface area contributed by atoms with Crippen LogP contribution in [0.2, 0.25) is 0 Å². The lowest BCUT2D eigenvalue weighted by atomic mass is 10.1. The second-order valence-corrected chi connectivity index (χ2v) is 18.5. The molecule has 4 heterocycles. The number of rotatable bonds is 29. The van der Waals surface area contributed by atoms with Crippen molar-refractivity contribution in [3.8, 4) is 17.2 Å². The first-order chi connectivity index (χ1) is 37.5. The van der Waals surface area contributed by atoms with Gasteiger partial charge in [0.1, 0.15) is 33.8 Å². The molecule has 4 N–H and O–H groups in total. The average Bonchev–Trinajstić information content (AvgIpc) is 3.47. The van der Waals surface area contributed by atoms with Crippen LogP contribution in [0.1, 0.15) is 104 Å². The Labute approximate surface area is 453 Å². The number of anilines is 4. The van der Waals surface area contributed by atoms with Crippen molar-refractivity contribution in [2.45, 2.75) is 104 Å². The molecule has 408 valence electrons. The summed E-state index contributed by atoms with van der Waals surface area (Å²) in [4.78, 5) is 17.6. The summed E-state index contributed by atoms with van der Waals surface area (Å²) in [6.07, 6.45) is 24.4. The number of benzene rings is 4. The zero-order valence-electron chi connectivity index (χ0n) is 46.6. The number of nitrogens with zero attached hydrogens (tertiary/aromatic N) is 4. The van der Waals surface area contributed by atoms with E-state index in [0.717, 1.165) is 131 Å². The summed E-state index contributed by atoms with van der Waals surface area (Å²) in [6, 6.07) is 34.4. The van der Waals surface area contributed by atoms with Crippen molar-refractivity contribution in [2.24, 2.45) is 0 Å². The number of hydrogen-bond donors (Lipinski definition) is 4. The molecule has 0 bridgehead atoms. The molecule has 76 heavy (non-hydrogen) atoms. The van der Waals surface area contributed by atoms with Crippen LogP contribution in [-0.4, -0.2) is 94.9 Å². The number of unbranched alkanes of at least 4 members (excludes halogenated alkanes) is 10. The van der Waals surface area contributed by atoms with Gasteiger partial charge in [0.2, 0.25) is 0 Å². The van der Waals surface area contributed by atoms with Crippen molar-refractivity contribution in [1.82, 2.24) is 19.9 Å². The number of pyridine rings is 4. The monoisotopic (exact) mass is 1030 g/mol. The number of aromatic nitrogens is 4. The number of methoxy groups -OCH3 is 5. The fraction of sp³-hybridized carbons (Fsp3) is 0.429. The molecule has 0 aliphatic heterocycles. The van der Waals surface area contributed by atoms with Gasteiger partial charge in [0.15, 0.2) is 0 Å². The topological polar surface area (TPSA) is 146 Å². The van der Waals surface area contributed by atoms with Crippen LogP contribution in [0.5, 0.6) is 17.2 Å². The summed E-state index contributed by atoms with van der Waals surface area (Å²) in [5.41, 5.74) is 8.36. The van der Waals surface area contributed by atoms with Crippen LogP contribution in [0.25, 0.3) is 43.6 Å². The Bertz CT molecular complexity index is 2840. The normalized spacial score (nSPS) is 10.7.